The molecular formula is C19H20ClFN2O2. The van der Waals surface area contributed by atoms with E-state index in [1.807, 2.05) is 6.92 Å². The first-order chi connectivity index (χ1) is 11.8. The summed E-state index contributed by atoms with van der Waals surface area (Å²) in [5.41, 5.74) is 1.33. The third kappa shape index (κ3) is 4.79. The number of carbonyl (C=O) groups is 2. The highest BCUT2D eigenvalue weighted by atomic mass is 35.5. The zero-order valence-electron chi connectivity index (χ0n) is 14.3. The standard InChI is InChI=1S/C19H20ClFN2O2/c1-11(2)17(23-18(24)14-6-4-5-7-16(14)21)19(25)22-13-9-8-12(3)15(20)10-13/h4-11,17H,1-3H3,(H,22,25)(H,23,24). The van der Waals surface area contributed by atoms with Crippen molar-refractivity contribution in [3.05, 3.63) is 64.4 Å². The van der Waals surface area contributed by atoms with Gasteiger partial charge in [-0.1, -0.05) is 43.6 Å². The van der Waals surface area contributed by atoms with E-state index in [0.717, 1.165) is 5.56 Å². The van der Waals surface area contributed by atoms with E-state index in [-0.39, 0.29) is 17.4 Å². The highest BCUT2D eigenvalue weighted by Crippen LogP contribution is 2.20. The Kier molecular flexibility index (Phi) is 6.15. The number of aryl methyl sites for hydroxylation is 1. The zero-order chi connectivity index (χ0) is 18.6. The van der Waals surface area contributed by atoms with E-state index in [0.29, 0.717) is 10.7 Å². The minimum Gasteiger partial charge on any atom is -0.340 e. The molecule has 2 N–H and O–H groups in total. The second-order valence-electron chi connectivity index (χ2n) is 6.13. The van der Waals surface area contributed by atoms with E-state index >= 15 is 0 Å². The van der Waals surface area contributed by atoms with Crippen LogP contribution in [-0.2, 0) is 4.79 Å². The molecule has 2 amide bonds. The number of benzene rings is 2. The molecule has 0 aromatic heterocycles. The van der Waals surface area contributed by atoms with Gasteiger partial charge in [0.15, 0.2) is 0 Å². The monoisotopic (exact) mass is 362 g/mol. The quantitative estimate of drug-likeness (QED) is 0.838. The molecule has 0 aliphatic heterocycles. The Bertz CT molecular complexity index is 793. The summed E-state index contributed by atoms with van der Waals surface area (Å²) in [6.45, 7) is 5.46. The second-order valence-corrected chi connectivity index (χ2v) is 6.54. The van der Waals surface area contributed by atoms with Crippen molar-refractivity contribution in [2.45, 2.75) is 26.8 Å². The lowest BCUT2D eigenvalue weighted by Gasteiger charge is -2.22. The number of halogens is 2. The van der Waals surface area contributed by atoms with Crippen LogP contribution in [0.15, 0.2) is 42.5 Å². The van der Waals surface area contributed by atoms with Gasteiger partial charge in [-0.15, -0.1) is 0 Å². The van der Waals surface area contributed by atoms with Gasteiger partial charge in [0.2, 0.25) is 5.91 Å². The molecule has 2 aromatic carbocycles. The van der Waals surface area contributed by atoms with Crippen LogP contribution in [0.4, 0.5) is 10.1 Å². The van der Waals surface area contributed by atoms with Crippen molar-refractivity contribution < 1.29 is 14.0 Å². The van der Waals surface area contributed by atoms with Crippen LogP contribution < -0.4 is 10.6 Å². The number of hydrogen-bond acceptors (Lipinski definition) is 2. The van der Waals surface area contributed by atoms with E-state index in [1.165, 1.54) is 18.2 Å². The first kappa shape index (κ1) is 18.9. The summed E-state index contributed by atoms with van der Waals surface area (Å²) in [7, 11) is 0. The largest absolute Gasteiger partial charge is 0.340 e. The third-order valence-corrected chi connectivity index (χ3v) is 4.20. The van der Waals surface area contributed by atoms with E-state index in [2.05, 4.69) is 10.6 Å². The van der Waals surface area contributed by atoms with E-state index in [4.69, 9.17) is 11.6 Å². The number of carbonyl (C=O) groups excluding carboxylic acids is 2. The van der Waals surface area contributed by atoms with Crippen molar-refractivity contribution in [3.8, 4) is 0 Å². The molecular weight excluding hydrogens is 343 g/mol. The van der Waals surface area contributed by atoms with Crippen molar-refractivity contribution in [2.24, 2.45) is 5.92 Å². The van der Waals surface area contributed by atoms with Gasteiger partial charge in [-0.25, -0.2) is 4.39 Å². The van der Waals surface area contributed by atoms with Gasteiger partial charge in [0.25, 0.3) is 5.91 Å². The minimum atomic E-state index is -0.813. The Hall–Kier alpha value is -2.40. The van der Waals surface area contributed by atoms with Gasteiger partial charge in [-0.05, 0) is 42.7 Å². The molecule has 132 valence electrons. The molecule has 1 unspecified atom stereocenters. The predicted molar refractivity (Wildman–Crippen MR) is 97.3 cm³/mol. The van der Waals surface area contributed by atoms with Gasteiger partial charge < -0.3 is 10.6 Å². The average Bonchev–Trinajstić information content (AvgIpc) is 2.55. The fraction of sp³-hybridized carbons (Fsp3) is 0.263. The molecule has 0 spiro atoms. The van der Waals surface area contributed by atoms with Crippen molar-refractivity contribution in [3.63, 3.8) is 0 Å². The van der Waals surface area contributed by atoms with Crippen molar-refractivity contribution in [1.29, 1.82) is 0 Å². The van der Waals surface area contributed by atoms with Gasteiger partial charge in [0.1, 0.15) is 11.9 Å². The predicted octanol–water partition coefficient (Wildman–Crippen LogP) is 4.18. The molecule has 0 bridgehead atoms. The second kappa shape index (κ2) is 8.12. The lowest BCUT2D eigenvalue weighted by Crippen LogP contribution is -2.47. The highest BCUT2D eigenvalue weighted by molar-refractivity contribution is 6.31. The molecule has 0 radical (unpaired) electrons. The molecule has 0 saturated carbocycles. The van der Waals surface area contributed by atoms with Gasteiger partial charge >= 0.3 is 0 Å². The summed E-state index contributed by atoms with van der Waals surface area (Å²) in [6.07, 6.45) is 0. The summed E-state index contributed by atoms with van der Waals surface area (Å²) >= 11 is 6.06. The molecule has 0 heterocycles. The first-order valence-corrected chi connectivity index (χ1v) is 8.29. The van der Waals surface area contributed by atoms with Crippen LogP contribution in [0, 0.1) is 18.7 Å². The van der Waals surface area contributed by atoms with Crippen molar-refractivity contribution >= 4 is 29.1 Å². The van der Waals surface area contributed by atoms with Crippen LogP contribution in [0.5, 0.6) is 0 Å². The van der Waals surface area contributed by atoms with Crippen LogP contribution in [0.25, 0.3) is 0 Å². The fourth-order valence-corrected chi connectivity index (χ4v) is 2.47. The van der Waals surface area contributed by atoms with Gasteiger partial charge in [-0.2, -0.15) is 0 Å². The number of hydrogen-bond donors (Lipinski definition) is 2. The Balaban J connectivity index is 2.14. The van der Waals surface area contributed by atoms with E-state index < -0.39 is 17.8 Å². The first-order valence-electron chi connectivity index (χ1n) is 7.92. The van der Waals surface area contributed by atoms with Crippen molar-refractivity contribution in [1.82, 2.24) is 5.32 Å². The average molecular weight is 363 g/mol. The maximum absolute atomic E-state index is 13.7. The molecule has 25 heavy (non-hydrogen) atoms. The molecule has 1 atom stereocenters. The number of anilines is 1. The number of nitrogens with one attached hydrogen (secondary N) is 2. The SMILES string of the molecule is Cc1ccc(NC(=O)C(NC(=O)c2ccccc2F)C(C)C)cc1Cl. The number of amides is 2. The smallest absolute Gasteiger partial charge is 0.254 e. The number of rotatable bonds is 5. The molecule has 2 aromatic rings. The normalized spacial score (nSPS) is 11.9. The Morgan fingerprint density at radius 1 is 1.12 bits per heavy atom. The maximum Gasteiger partial charge on any atom is 0.254 e. The molecule has 0 saturated heterocycles. The van der Waals surface area contributed by atoms with Crippen LogP contribution in [0.1, 0.15) is 29.8 Å². The molecule has 0 fully saturated rings. The van der Waals surface area contributed by atoms with E-state index in [9.17, 15) is 14.0 Å². The summed E-state index contributed by atoms with van der Waals surface area (Å²) < 4.78 is 13.7. The lowest BCUT2D eigenvalue weighted by atomic mass is 10.0. The molecule has 6 heteroatoms. The summed E-state index contributed by atoms with van der Waals surface area (Å²) in [5.74, 6) is -1.83. The molecule has 0 aliphatic rings. The highest BCUT2D eigenvalue weighted by Gasteiger charge is 2.25. The van der Waals surface area contributed by atoms with E-state index in [1.54, 1.807) is 38.1 Å². The summed E-state index contributed by atoms with van der Waals surface area (Å²) in [4.78, 5) is 24.8. The fourth-order valence-electron chi connectivity index (χ4n) is 2.29. The van der Waals surface area contributed by atoms with Gasteiger partial charge in [-0.3, -0.25) is 9.59 Å². The Morgan fingerprint density at radius 3 is 2.40 bits per heavy atom. The Labute approximate surface area is 151 Å². The lowest BCUT2D eigenvalue weighted by molar-refractivity contribution is -0.118. The van der Waals surface area contributed by atoms with Crippen LogP contribution >= 0.6 is 11.6 Å². The maximum atomic E-state index is 13.7. The minimum absolute atomic E-state index is 0.0978. The molecule has 2 rings (SSSR count). The van der Waals surface area contributed by atoms with Crippen LogP contribution in [0.2, 0.25) is 5.02 Å². The zero-order valence-corrected chi connectivity index (χ0v) is 15.0. The van der Waals surface area contributed by atoms with Gasteiger partial charge in [0, 0.05) is 10.7 Å². The van der Waals surface area contributed by atoms with Gasteiger partial charge in [0.05, 0.1) is 5.56 Å². The third-order valence-electron chi connectivity index (χ3n) is 3.79. The molecule has 0 aliphatic carbocycles. The van der Waals surface area contributed by atoms with Crippen molar-refractivity contribution in [2.75, 3.05) is 5.32 Å². The summed E-state index contributed by atoms with van der Waals surface area (Å²) in [5, 5.41) is 5.86. The van der Waals surface area contributed by atoms with Crippen LogP contribution in [0.3, 0.4) is 0 Å². The van der Waals surface area contributed by atoms with Crippen LogP contribution in [-0.4, -0.2) is 17.9 Å². The Morgan fingerprint density at radius 2 is 1.80 bits per heavy atom. The molecule has 4 nitrogen and oxygen atoms in total. The topological polar surface area (TPSA) is 58.2 Å². The summed E-state index contributed by atoms with van der Waals surface area (Å²) in [6, 6.07) is 10.00.